The van der Waals surface area contributed by atoms with Crippen LogP contribution in [0.1, 0.15) is 65.2 Å². The maximum absolute atomic E-state index is 12.4. The zero-order valence-corrected chi connectivity index (χ0v) is 12.0. The molecule has 1 heterocycles. The van der Waals surface area contributed by atoms with Crippen molar-refractivity contribution >= 4 is 5.91 Å². The van der Waals surface area contributed by atoms with Crippen molar-refractivity contribution in [3.63, 3.8) is 0 Å². The van der Waals surface area contributed by atoms with Crippen molar-refractivity contribution in [3.05, 3.63) is 0 Å². The highest BCUT2D eigenvalue weighted by atomic mass is 16.2. The molecule has 3 heteroatoms. The molecule has 0 spiro atoms. The lowest BCUT2D eigenvalue weighted by Gasteiger charge is -2.29. The van der Waals surface area contributed by atoms with Gasteiger partial charge < -0.3 is 4.90 Å². The maximum atomic E-state index is 12.4. The van der Waals surface area contributed by atoms with Crippen molar-refractivity contribution in [3.8, 4) is 0 Å². The first-order valence-corrected chi connectivity index (χ1v) is 7.82. The van der Waals surface area contributed by atoms with Crippen molar-refractivity contribution in [2.45, 2.75) is 77.4 Å². The van der Waals surface area contributed by atoms with Gasteiger partial charge in [0.2, 0.25) is 5.91 Å². The van der Waals surface area contributed by atoms with Crippen LogP contribution in [0.2, 0.25) is 0 Å². The number of nitrogens with zero attached hydrogens (tertiary/aromatic N) is 1. The van der Waals surface area contributed by atoms with Crippen LogP contribution >= 0.6 is 0 Å². The molecule has 1 saturated heterocycles. The number of nitrogens with one attached hydrogen (secondary N) is 1. The molecule has 0 aromatic heterocycles. The number of rotatable bonds is 7. The molecule has 0 bridgehead atoms. The summed E-state index contributed by atoms with van der Waals surface area (Å²) in [6, 6.07) is 0.0938. The molecule has 2 unspecified atom stereocenters. The second kappa shape index (κ2) is 6.55. The van der Waals surface area contributed by atoms with Gasteiger partial charge in [0.05, 0.1) is 12.2 Å². The molecular formula is C15H28N2O. The molecule has 104 valence electrons. The van der Waals surface area contributed by atoms with E-state index >= 15 is 0 Å². The van der Waals surface area contributed by atoms with Gasteiger partial charge in [-0.25, -0.2) is 0 Å². The third-order valence-electron chi connectivity index (χ3n) is 4.59. The Balaban J connectivity index is 1.83. The standard InChI is InChI=1S/C15H28N2O/c1-3-5-9-13-15(18)17(14(4-2)16-13)11-10-12-7-6-8-12/h12-14,16H,3-11H2,1-2H3. The molecule has 0 aromatic rings. The summed E-state index contributed by atoms with van der Waals surface area (Å²) in [7, 11) is 0. The largest absolute Gasteiger partial charge is 0.326 e. The third kappa shape index (κ3) is 3.05. The summed E-state index contributed by atoms with van der Waals surface area (Å²) in [6.07, 6.45) is 10.0. The molecule has 0 radical (unpaired) electrons. The maximum Gasteiger partial charge on any atom is 0.241 e. The first-order valence-electron chi connectivity index (χ1n) is 7.82. The molecule has 2 rings (SSSR count). The lowest BCUT2D eigenvalue weighted by molar-refractivity contribution is -0.130. The molecule has 1 amide bonds. The van der Waals surface area contributed by atoms with Crippen molar-refractivity contribution in [1.29, 1.82) is 0 Å². The fraction of sp³-hybridized carbons (Fsp3) is 0.933. The monoisotopic (exact) mass is 252 g/mol. The normalized spacial score (nSPS) is 28.8. The van der Waals surface area contributed by atoms with Crippen LogP contribution in [0.5, 0.6) is 0 Å². The lowest BCUT2D eigenvalue weighted by atomic mass is 9.83. The topological polar surface area (TPSA) is 32.3 Å². The van der Waals surface area contributed by atoms with Gasteiger partial charge in [-0.1, -0.05) is 46.0 Å². The van der Waals surface area contributed by atoms with Crippen molar-refractivity contribution in [2.75, 3.05) is 6.54 Å². The Labute approximate surface area is 111 Å². The Morgan fingerprint density at radius 3 is 2.61 bits per heavy atom. The summed E-state index contributed by atoms with van der Waals surface area (Å²) >= 11 is 0. The van der Waals surface area contributed by atoms with Crippen LogP contribution in [-0.4, -0.2) is 29.6 Å². The Bertz CT molecular complexity index is 276. The number of carbonyl (C=O) groups excluding carboxylic acids is 1. The van der Waals surface area contributed by atoms with Crippen molar-refractivity contribution in [1.82, 2.24) is 10.2 Å². The molecule has 2 atom stereocenters. The molecule has 3 nitrogen and oxygen atoms in total. The predicted molar refractivity (Wildman–Crippen MR) is 74.2 cm³/mol. The number of unbranched alkanes of at least 4 members (excludes halogenated alkanes) is 1. The lowest BCUT2D eigenvalue weighted by Crippen LogP contribution is -2.38. The zero-order chi connectivity index (χ0) is 13.0. The van der Waals surface area contributed by atoms with Gasteiger partial charge in [0.25, 0.3) is 0 Å². The molecule has 18 heavy (non-hydrogen) atoms. The molecule has 1 saturated carbocycles. The summed E-state index contributed by atoms with van der Waals surface area (Å²) in [5.74, 6) is 1.25. The number of hydrogen-bond donors (Lipinski definition) is 1. The van der Waals surface area contributed by atoms with Crippen LogP contribution < -0.4 is 5.32 Å². The van der Waals surface area contributed by atoms with E-state index in [0.29, 0.717) is 12.1 Å². The van der Waals surface area contributed by atoms with E-state index in [0.717, 1.165) is 31.7 Å². The minimum Gasteiger partial charge on any atom is -0.326 e. The van der Waals surface area contributed by atoms with Gasteiger partial charge in [0.1, 0.15) is 0 Å². The van der Waals surface area contributed by atoms with E-state index in [4.69, 9.17) is 0 Å². The molecule has 2 fully saturated rings. The molecule has 0 aromatic carbocycles. The van der Waals surface area contributed by atoms with Crippen LogP contribution in [0.3, 0.4) is 0 Å². The van der Waals surface area contributed by atoms with Crippen LogP contribution in [-0.2, 0) is 4.79 Å². The van der Waals surface area contributed by atoms with E-state index < -0.39 is 0 Å². The van der Waals surface area contributed by atoms with Crippen LogP contribution in [0.4, 0.5) is 0 Å². The second-order valence-electron chi connectivity index (χ2n) is 5.90. The van der Waals surface area contributed by atoms with Crippen molar-refractivity contribution in [2.24, 2.45) is 5.92 Å². The van der Waals surface area contributed by atoms with Crippen LogP contribution in [0, 0.1) is 5.92 Å². The Morgan fingerprint density at radius 1 is 1.28 bits per heavy atom. The first-order chi connectivity index (χ1) is 8.76. The van der Waals surface area contributed by atoms with Gasteiger partial charge in [-0.05, 0) is 25.2 Å². The van der Waals surface area contributed by atoms with E-state index in [9.17, 15) is 4.79 Å². The molecule has 1 N–H and O–H groups in total. The van der Waals surface area contributed by atoms with E-state index in [2.05, 4.69) is 24.1 Å². The van der Waals surface area contributed by atoms with E-state index in [-0.39, 0.29) is 6.04 Å². The summed E-state index contributed by atoms with van der Waals surface area (Å²) in [4.78, 5) is 14.5. The average Bonchev–Trinajstić information content (AvgIpc) is 2.62. The fourth-order valence-electron chi connectivity index (χ4n) is 3.07. The van der Waals surface area contributed by atoms with E-state index in [1.165, 1.54) is 32.1 Å². The molecule has 1 aliphatic heterocycles. The van der Waals surface area contributed by atoms with Gasteiger partial charge in [-0.3, -0.25) is 10.1 Å². The number of amides is 1. The van der Waals surface area contributed by atoms with Crippen LogP contribution in [0.15, 0.2) is 0 Å². The number of carbonyl (C=O) groups is 1. The second-order valence-corrected chi connectivity index (χ2v) is 5.90. The Kier molecular flexibility index (Phi) is 5.04. The molecule has 1 aliphatic carbocycles. The highest BCUT2D eigenvalue weighted by Gasteiger charge is 2.37. The summed E-state index contributed by atoms with van der Waals surface area (Å²) < 4.78 is 0. The summed E-state index contributed by atoms with van der Waals surface area (Å²) in [6.45, 7) is 5.33. The van der Waals surface area contributed by atoms with Gasteiger partial charge >= 0.3 is 0 Å². The van der Waals surface area contributed by atoms with Crippen LogP contribution in [0.25, 0.3) is 0 Å². The van der Waals surface area contributed by atoms with Gasteiger partial charge in [-0.15, -0.1) is 0 Å². The average molecular weight is 252 g/mol. The summed E-state index contributed by atoms with van der Waals surface area (Å²) in [5.41, 5.74) is 0. The number of hydrogen-bond acceptors (Lipinski definition) is 2. The fourth-order valence-corrected chi connectivity index (χ4v) is 3.07. The Morgan fingerprint density at radius 2 is 2.06 bits per heavy atom. The van der Waals surface area contributed by atoms with Gasteiger partial charge in [0, 0.05) is 6.54 Å². The van der Waals surface area contributed by atoms with Gasteiger partial charge in [0.15, 0.2) is 0 Å². The highest BCUT2D eigenvalue weighted by molar-refractivity contribution is 5.84. The molecular weight excluding hydrogens is 224 g/mol. The minimum absolute atomic E-state index is 0.0938. The van der Waals surface area contributed by atoms with Gasteiger partial charge in [-0.2, -0.15) is 0 Å². The van der Waals surface area contributed by atoms with E-state index in [1.807, 2.05) is 0 Å². The van der Waals surface area contributed by atoms with Crippen molar-refractivity contribution < 1.29 is 4.79 Å². The zero-order valence-electron chi connectivity index (χ0n) is 12.0. The smallest absolute Gasteiger partial charge is 0.241 e. The first kappa shape index (κ1) is 13.9. The quantitative estimate of drug-likeness (QED) is 0.755. The predicted octanol–water partition coefficient (Wildman–Crippen LogP) is 2.90. The summed E-state index contributed by atoms with van der Waals surface area (Å²) in [5, 5.41) is 3.51. The Hall–Kier alpha value is -0.570. The minimum atomic E-state index is 0.0938. The molecule has 2 aliphatic rings. The highest BCUT2D eigenvalue weighted by Crippen LogP contribution is 2.30. The third-order valence-corrected chi connectivity index (χ3v) is 4.59. The SMILES string of the molecule is CCCCC1NC(CC)N(CCC2CCC2)C1=O. The van der Waals surface area contributed by atoms with E-state index in [1.54, 1.807) is 0 Å².